The highest BCUT2D eigenvalue weighted by atomic mass is 16.5. The zero-order valence-corrected chi connectivity index (χ0v) is 19.0. The lowest BCUT2D eigenvalue weighted by Gasteiger charge is -2.63. The first kappa shape index (κ1) is 20.6. The largest absolute Gasteiger partial charge is 0.381 e. The van der Waals surface area contributed by atoms with Crippen LogP contribution in [0.25, 0.3) is 0 Å². The molecule has 2 nitrogen and oxygen atoms in total. The third kappa shape index (κ3) is 3.25. The van der Waals surface area contributed by atoms with Gasteiger partial charge in [0.1, 0.15) is 5.60 Å². The molecule has 5 rings (SSSR count). The number of hydrogen-bond acceptors (Lipinski definition) is 2. The zero-order valence-electron chi connectivity index (χ0n) is 19.0. The molecule has 4 fully saturated rings. The van der Waals surface area contributed by atoms with Gasteiger partial charge in [0.15, 0.2) is 0 Å². The number of benzene rings is 1. The molecular weight excluding hydrogens is 368 g/mol. The van der Waals surface area contributed by atoms with Crippen molar-refractivity contribution in [3.63, 3.8) is 0 Å². The van der Waals surface area contributed by atoms with E-state index in [1.165, 1.54) is 32.1 Å². The van der Waals surface area contributed by atoms with Crippen LogP contribution in [-0.2, 0) is 4.74 Å². The zero-order chi connectivity index (χ0) is 21.0. The van der Waals surface area contributed by atoms with Crippen LogP contribution in [0, 0.1) is 46.3 Å². The topological polar surface area (TPSA) is 29.5 Å². The van der Waals surface area contributed by atoms with Crippen molar-refractivity contribution in [3.05, 3.63) is 35.9 Å². The van der Waals surface area contributed by atoms with Crippen molar-refractivity contribution in [2.24, 2.45) is 34.5 Å². The minimum atomic E-state index is -0.859. The molecule has 1 aromatic carbocycles. The van der Waals surface area contributed by atoms with Crippen LogP contribution < -0.4 is 0 Å². The summed E-state index contributed by atoms with van der Waals surface area (Å²) in [4.78, 5) is 0. The normalized spacial score (nSPS) is 47.4. The van der Waals surface area contributed by atoms with E-state index >= 15 is 0 Å². The van der Waals surface area contributed by atoms with Gasteiger partial charge in [0, 0.05) is 12.7 Å². The van der Waals surface area contributed by atoms with E-state index in [9.17, 15) is 5.11 Å². The Kier molecular flexibility index (Phi) is 5.07. The molecule has 0 saturated heterocycles. The van der Waals surface area contributed by atoms with E-state index in [2.05, 4.69) is 25.7 Å². The van der Waals surface area contributed by atoms with Crippen molar-refractivity contribution in [1.29, 1.82) is 0 Å². The molecule has 0 heterocycles. The number of ether oxygens (including phenoxy) is 1. The molecule has 2 heteroatoms. The highest BCUT2D eigenvalue weighted by Gasteiger charge is 2.62. The Bertz CT molecular complexity index is 837. The van der Waals surface area contributed by atoms with Gasteiger partial charge in [-0.05, 0) is 98.0 Å². The van der Waals surface area contributed by atoms with Crippen LogP contribution in [0.15, 0.2) is 30.3 Å². The van der Waals surface area contributed by atoms with Gasteiger partial charge in [-0.3, -0.25) is 0 Å². The predicted molar refractivity (Wildman–Crippen MR) is 121 cm³/mol. The Balaban J connectivity index is 1.41. The molecule has 0 spiro atoms. The third-order valence-corrected chi connectivity index (χ3v) is 10.0. The summed E-state index contributed by atoms with van der Waals surface area (Å²) in [6.45, 7) is 5.10. The highest BCUT2D eigenvalue weighted by Crippen LogP contribution is 2.67. The molecule has 4 aliphatic carbocycles. The highest BCUT2D eigenvalue weighted by molar-refractivity contribution is 5.36. The number of fused-ring (bicyclic) bond motifs is 5. The summed E-state index contributed by atoms with van der Waals surface area (Å²) in [5.41, 5.74) is 0.995. The molecule has 4 saturated carbocycles. The van der Waals surface area contributed by atoms with Crippen LogP contribution in [0.2, 0.25) is 0 Å². The minimum Gasteiger partial charge on any atom is -0.381 e. The standard InChI is InChI=1S/C28H38O2/c1-26-13-7-10-22(26)25-23(12-14-26)27(2)16-17-28(29,19-21(27)18-24(25)30-3)15-11-20-8-5-4-6-9-20/h4-6,8-9,21-25,29H,7,10,12-14,16-19H2,1-3H3/t21-,22+,23+,24+,25+,26+,27+,28-/m1/s1. The Morgan fingerprint density at radius 3 is 2.57 bits per heavy atom. The lowest BCUT2D eigenvalue weighted by atomic mass is 9.43. The Morgan fingerprint density at radius 1 is 1.00 bits per heavy atom. The van der Waals surface area contributed by atoms with Gasteiger partial charge in [0.25, 0.3) is 0 Å². The van der Waals surface area contributed by atoms with E-state index < -0.39 is 5.60 Å². The van der Waals surface area contributed by atoms with E-state index in [1.54, 1.807) is 0 Å². The minimum absolute atomic E-state index is 0.324. The summed E-state index contributed by atoms with van der Waals surface area (Å²) in [6.07, 6.45) is 11.1. The number of aliphatic hydroxyl groups is 1. The summed E-state index contributed by atoms with van der Waals surface area (Å²) >= 11 is 0. The maximum absolute atomic E-state index is 11.4. The van der Waals surface area contributed by atoms with Gasteiger partial charge in [0.05, 0.1) is 6.10 Å². The summed E-state index contributed by atoms with van der Waals surface area (Å²) in [7, 11) is 1.93. The van der Waals surface area contributed by atoms with Crippen molar-refractivity contribution in [2.45, 2.75) is 83.3 Å². The number of methoxy groups -OCH3 is 1. The van der Waals surface area contributed by atoms with E-state index in [4.69, 9.17) is 4.74 Å². The second kappa shape index (κ2) is 7.39. The van der Waals surface area contributed by atoms with E-state index in [0.717, 1.165) is 43.1 Å². The molecule has 0 amide bonds. The molecule has 0 aromatic heterocycles. The second-order valence-corrected chi connectivity index (χ2v) is 11.4. The monoisotopic (exact) mass is 406 g/mol. The molecule has 8 atom stereocenters. The molecule has 0 unspecified atom stereocenters. The fraction of sp³-hybridized carbons (Fsp3) is 0.714. The summed E-state index contributed by atoms with van der Waals surface area (Å²) < 4.78 is 6.19. The smallest absolute Gasteiger partial charge is 0.126 e. The fourth-order valence-electron chi connectivity index (χ4n) is 8.25. The summed E-state index contributed by atoms with van der Waals surface area (Å²) in [6, 6.07) is 10.1. The average molecular weight is 407 g/mol. The molecule has 0 bridgehead atoms. The van der Waals surface area contributed by atoms with E-state index in [1.807, 2.05) is 37.4 Å². The Hall–Kier alpha value is -1.30. The van der Waals surface area contributed by atoms with Crippen molar-refractivity contribution in [3.8, 4) is 11.8 Å². The lowest BCUT2D eigenvalue weighted by Crippen LogP contribution is -2.59. The van der Waals surface area contributed by atoms with Gasteiger partial charge in [-0.1, -0.05) is 50.3 Å². The van der Waals surface area contributed by atoms with E-state index in [0.29, 0.717) is 28.8 Å². The van der Waals surface area contributed by atoms with Crippen LogP contribution >= 0.6 is 0 Å². The van der Waals surface area contributed by atoms with Crippen molar-refractivity contribution >= 4 is 0 Å². The molecule has 4 aliphatic rings. The van der Waals surface area contributed by atoms with Crippen LogP contribution in [0.5, 0.6) is 0 Å². The first-order valence-corrected chi connectivity index (χ1v) is 12.2. The first-order chi connectivity index (χ1) is 14.4. The van der Waals surface area contributed by atoms with E-state index in [-0.39, 0.29) is 0 Å². The molecule has 0 radical (unpaired) electrons. The van der Waals surface area contributed by atoms with Gasteiger partial charge in [-0.25, -0.2) is 0 Å². The van der Waals surface area contributed by atoms with Crippen molar-refractivity contribution < 1.29 is 9.84 Å². The van der Waals surface area contributed by atoms with Gasteiger partial charge in [0.2, 0.25) is 0 Å². The summed E-state index contributed by atoms with van der Waals surface area (Å²) in [5, 5.41) is 11.4. The van der Waals surface area contributed by atoms with Gasteiger partial charge in [-0.15, -0.1) is 0 Å². The quantitative estimate of drug-likeness (QED) is 0.595. The summed E-state index contributed by atoms with van der Waals surface area (Å²) in [5.74, 6) is 9.30. The van der Waals surface area contributed by atoms with Crippen LogP contribution in [0.1, 0.15) is 77.2 Å². The Morgan fingerprint density at radius 2 is 1.80 bits per heavy atom. The predicted octanol–water partition coefficient (Wildman–Crippen LogP) is 5.83. The van der Waals surface area contributed by atoms with Crippen molar-refractivity contribution in [1.82, 2.24) is 0 Å². The molecule has 30 heavy (non-hydrogen) atoms. The maximum Gasteiger partial charge on any atom is 0.126 e. The lowest BCUT2D eigenvalue weighted by molar-refractivity contribution is -0.183. The van der Waals surface area contributed by atoms with Crippen LogP contribution in [-0.4, -0.2) is 23.9 Å². The Labute approximate surface area is 182 Å². The van der Waals surface area contributed by atoms with Gasteiger partial charge in [-0.2, -0.15) is 0 Å². The first-order valence-electron chi connectivity index (χ1n) is 12.2. The number of hydrogen-bond donors (Lipinski definition) is 1. The fourth-order valence-corrected chi connectivity index (χ4v) is 8.25. The molecule has 1 aromatic rings. The molecular formula is C28H38O2. The van der Waals surface area contributed by atoms with Gasteiger partial charge >= 0.3 is 0 Å². The number of rotatable bonds is 1. The van der Waals surface area contributed by atoms with Gasteiger partial charge < -0.3 is 9.84 Å². The van der Waals surface area contributed by atoms with Crippen LogP contribution in [0.3, 0.4) is 0 Å². The second-order valence-electron chi connectivity index (χ2n) is 11.4. The molecule has 162 valence electrons. The maximum atomic E-state index is 11.4. The molecule has 1 N–H and O–H groups in total. The average Bonchev–Trinajstić information content (AvgIpc) is 3.15. The van der Waals surface area contributed by atoms with Crippen molar-refractivity contribution in [2.75, 3.05) is 7.11 Å². The third-order valence-electron chi connectivity index (χ3n) is 10.0. The SMILES string of the molecule is CO[C@H]1C[C@@H]2C[C@@](O)(C#Cc3ccccc3)CC[C@]2(C)[C@H]2CC[C@]3(C)CCC[C@H]3[C@H]12. The van der Waals surface area contributed by atoms with Crippen LogP contribution in [0.4, 0.5) is 0 Å². The molecule has 0 aliphatic heterocycles.